The van der Waals surface area contributed by atoms with Gasteiger partial charge in [-0.1, -0.05) is 152 Å². The van der Waals surface area contributed by atoms with Gasteiger partial charge in [-0.3, -0.25) is 9.13 Å². The van der Waals surface area contributed by atoms with Gasteiger partial charge in [0.15, 0.2) is 5.82 Å². The number of hydrogen-bond donors (Lipinski definition) is 0. The highest BCUT2D eigenvalue weighted by Crippen LogP contribution is 2.34. The minimum Gasteiger partial charge on any atom is -0.278 e. The molecule has 5 heteroatoms. The van der Waals surface area contributed by atoms with Crippen molar-refractivity contribution in [2.24, 2.45) is 0 Å². The molecule has 0 aliphatic heterocycles. The molecule has 50 heavy (non-hydrogen) atoms. The topological polar surface area (TPSA) is 48.5 Å². The first kappa shape index (κ1) is 28.2. The zero-order valence-electron chi connectivity index (χ0n) is 27.0. The Morgan fingerprint density at radius 2 is 0.560 bits per heavy atom. The van der Waals surface area contributed by atoms with Gasteiger partial charge in [0.25, 0.3) is 0 Å². The van der Waals surface area contributed by atoms with Crippen LogP contribution in [0.1, 0.15) is 0 Å². The molecule has 0 N–H and O–H groups in total. The maximum atomic E-state index is 5.25. The van der Waals surface area contributed by atoms with Crippen molar-refractivity contribution in [3.05, 3.63) is 176 Å². The fraction of sp³-hybridized carbons (Fsp3) is 0. The third-order valence-electron chi connectivity index (χ3n) is 9.64. The molecule has 0 spiro atoms. The van der Waals surface area contributed by atoms with E-state index in [0.717, 1.165) is 60.3 Å². The smallest absolute Gasteiger partial charge is 0.240 e. The van der Waals surface area contributed by atoms with E-state index in [1.165, 1.54) is 11.1 Å². The first-order valence-electron chi connectivity index (χ1n) is 16.8. The Morgan fingerprint density at radius 3 is 0.940 bits per heavy atom. The molecular weight excluding hydrogens is 611 g/mol. The highest BCUT2D eigenvalue weighted by Gasteiger charge is 2.20. The predicted octanol–water partition coefficient (Wildman–Crippen LogP) is 11.1. The van der Waals surface area contributed by atoms with Crippen LogP contribution < -0.4 is 0 Å². The van der Waals surface area contributed by atoms with Crippen LogP contribution in [0, 0.1) is 0 Å². The standard InChI is InChI=1S/C45H29N5/c1-2-12-30(13-3-1)31-22-24-32(25-23-31)33-26-28-34(29-27-33)43-46-44(49-39-18-8-4-14-35(39)36-15-5-9-19-40(36)49)48-45(47-43)50-41-20-10-6-16-37(41)38-17-7-11-21-42(38)50/h1-29H. The van der Waals surface area contributed by atoms with Crippen LogP contribution in [0.5, 0.6) is 0 Å². The number of hydrogen-bond acceptors (Lipinski definition) is 3. The van der Waals surface area contributed by atoms with Crippen LogP contribution in [-0.2, 0) is 0 Å². The third kappa shape index (κ3) is 4.52. The van der Waals surface area contributed by atoms with Crippen molar-refractivity contribution in [3.63, 3.8) is 0 Å². The molecule has 3 heterocycles. The van der Waals surface area contributed by atoms with E-state index in [1.54, 1.807) is 0 Å². The fourth-order valence-corrected chi connectivity index (χ4v) is 7.26. The molecular formula is C45H29N5. The quantitative estimate of drug-likeness (QED) is 0.188. The second-order valence-corrected chi connectivity index (χ2v) is 12.5. The lowest BCUT2D eigenvalue weighted by Gasteiger charge is -2.13. The monoisotopic (exact) mass is 639 g/mol. The first-order chi connectivity index (χ1) is 24.8. The van der Waals surface area contributed by atoms with E-state index >= 15 is 0 Å². The van der Waals surface area contributed by atoms with Gasteiger partial charge in [0.05, 0.1) is 22.1 Å². The molecule has 0 aliphatic rings. The van der Waals surface area contributed by atoms with Crippen molar-refractivity contribution in [1.29, 1.82) is 0 Å². The summed E-state index contributed by atoms with van der Waals surface area (Å²) in [7, 11) is 0. The molecule has 0 bridgehead atoms. The molecule has 5 nitrogen and oxygen atoms in total. The van der Waals surface area contributed by atoms with Crippen molar-refractivity contribution in [1.82, 2.24) is 24.1 Å². The highest BCUT2D eigenvalue weighted by atomic mass is 15.3. The molecule has 0 radical (unpaired) electrons. The normalized spacial score (nSPS) is 11.6. The molecule has 0 atom stereocenters. The van der Waals surface area contributed by atoms with E-state index in [0.29, 0.717) is 17.7 Å². The average molecular weight is 640 g/mol. The summed E-state index contributed by atoms with van der Waals surface area (Å²) in [6, 6.07) is 61.5. The van der Waals surface area contributed by atoms with Crippen molar-refractivity contribution < 1.29 is 0 Å². The van der Waals surface area contributed by atoms with Gasteiger partial charge in [-0.2, -0.15) is 15.0 Å². The summed E-state index contributed by atoms with van der Waals surface area (Å²) < 4.78 is 4.33. The largest absolute Gasteiger partial charge is 0.278 e. The van der Waals surface area contributed by atoms with Gasteiger partial charge in [-0.05, 0) is 46.5 Å². The van der Waals surface area contributed by atoms with Crippen molar-refractivity contribution in [2.45, 2.75) is 0 Å². The van der Waals surface area contributed by atoms with Crippen LogP contribution in [0.15, 0.2) is 176 Å². The Labute approximate surface area is 288 Å². The van der Waals surface area contributed by atoms with E-state index in [4.69, 9.17) is 15.0 Å². The number of aromatic nitrogens is 5. The van der Waals surface area contributed by atoms with Gasteiger partial charge in [-0.15, -0.1) is 0 Å². The summed E-state index contributed by atoms with van der Waals surface area (Å²) in [5.74, 6) is 1.76. The molecule has 0 amide bonds. The zero-order valence-corrected chi connectivity index (χ0v) is 27.0. The second-order valence-electron chi connectivity index (χ2n) is 12.5. The molecule has 0 unspecified atom stereocenters. The molecule has 0 fully saturated rings. The summed E-state index contributed by atoms with van der Waals surface area (Å²) in [5, 5.41) is 4.63. The lowest BCUT2D eigenvalue weighted by molar-refractivity contribution is 0.893. The molecule has 3 aromatic heterocycles. The summed E-state index contributed by atoms with van der Waals surface area (Å²) >= 11 is 0. The van der Waals surface area contributed by atoms with Crippen LogP contribution in [0.2, 0.25) is 0 Å². The Kier molecular flexibility index (Phi) is 6.42. The minimum atomic E-state index is 0.574. The van der Waals surface area contributed by atoms with E-state index < -0.39 is 0 Å². The van der Waals surface area contributed by atoms with Crippen LogP contribution in [0.25, 0.3) is 89.2 Å². The van der Waals surface area contributed by atoms with Crippen molar-refractivity contribution in [2.75, 3.05) is 0 Å². The van der Waals surface area contributed by atoms with Gasteiger partial charge in [-0.25, -0.2) is 0 Å². The average Bonchev–Trinajstić information content (AvgIpc) is 3.71. The maximum Gasteiger partial charge on any atom is 0.240 e. The summed E-state index contributed by atoms with van der Waals surface area (Å²) in [4.78, 5) is 15.6. The van der Waals surface area contributed by atoms with Gasteiger partial charge < -0.3 is 0 Å². The molecule has 0 aliphatic carbocycles. The minimum absolute atomic E-state index is 0.574. The van der Waals surface area contributed by atoms with E-state index in [2.05, 4.69) is 179 Å². The number of para-hydroxylation sites is 4. The summed E-state index contributed by atoms with van der Waals surface area (Å²) in [5.41, 5.74) is 9.81. The molecule has 234 valence electrons. The van der Waals surface area contributed by atoms with Crippen molar-refractivity contribution >= 4 is 43.6 Å². The number of benzene rings is 7. The predicted molar refractivity (Wildman–Crippen MR) is 205 cm³/mol. The fourth-order valence-electron chi connectivity index (χ4n) is 7.26. The maximum absolute atomic E-state index is 5.25. The van der Waals surface area contributed by atoms with Gasteiger partial charge in [0.1, 0.15) is 0 Å². The first-order valence-corrected chi connectivity index (χ1v) is 16.8. The summed E-state index contributed by atoms with van der Waals surface area (Å²) in [6.07, 6.45) is 0. The Balaban J connectivity index is 1.16. The van der Waals surface area contributed by atoms with E-state index in [9.17, 15) is 0 Å². The Bertz CT molecular complexity index is 2610. The Hall–Kier alpha value is -6.85. The number of nitrogens with zero attached hydrogens (tertiary/aromatic N) is 5. The third-order valence-corrected chi connectivity index (χ3v) is 9.64. The SMILES string of the molecule is c1ccc(-c2ccc(-c3ccc(-c4nc(-n5c6ccccc6c6ccccc65)nc(-n5c6ccccc6c6ccccc65)n4)cc3)cc2)cc1. The van der Waals surface area contributed by atoms with E-state index in [-0.39, 0.29) is 0 Å². The lowest BCUT2D eigenvalue weighted by atomic mass is 9.99. The van der Waals surface area contributed by atoms with E-state index in [1.807, 2.05) is 6.07 Å². The molecule has 0 saturated carbocycles. The highest BCUT2D eigenvalue weighted by molar-refractivity contribution is 6.10. The number of rotatable bonds is 5. The molecule has 10 aromatic rings. The Morgan fingerprint density at radius 1 is 0.260 bits per heavy atom. The van der Waals surface area contributed by atoms with Crippen molar-refractivity contribution in [3.8, 4) is 45.5 Å². The van der Waals surface area contributed by atoms with Gasteiger partial charge in [0.2, 0.25) is 11.9 Å². The molecule has 7 aromatic carbocycles. The summed E-state index contributed by atoms with van der Waals surface area (Å²) in [6.45, 7) is 0. The molecule has 0 saturated heterocycles. The zero-order chi connectivity index (χ0) is 33.0. The molecule has 10 rings (SSSR count). The van der Waals surface area contributed by atoms with Gasteiger partial charge in [0, 0.05) is 27.1 Å². The van der Waals surface area contributed by atoms with Crippen LogP contribution >= 0.6 is 0 Å². The lowest BCUT2D eigenvalue weighted by Crippen LogP contribution is -2.10. The number of fused-ring (bicyclic) bond motifs is 6. The van der Waals surface area contributed by atoms with Gasteiger partial charge >= 0.3 is 0 Å². The second kappa shape index (κ2) is 11.4. The van der Waals surface area contributed by atoms with Crippen LogP contribution in [-0.4, -0.2) is 24.1 Å². The van der Waals surface area contributed by atoms with Crippen LogP contribution in [0.3, 0.4) is 0 Å². The van der Waals surface area contributed by atoms with Crippen LogP contribution in [0.4, 0.5) is 0 Å².